The molecule has 0 bridgehead atoms. The van der Waals surface area contributed by atoms with Crippen molar-refractivity contribution in [1.82, 2.24) is 0 Å². The van der Waals surface area contributed by atoms with E-state index in [1.54, 1.807) is 11.8 Å². The van der Waals surface area contributed by atoms with E-state index >= 15 is 0 Å². The summed E-state index contributed by atoms with van der Waals surface area (Å²) in [6.45, 7) is 3.73. The van der Waals surface area contributed by atoms with Gasteiger partial charge in [-0.3, -0.25) is 4.79 Å². The fraction of sp³-hybridized carbons (Fsp3) is 0.0500. The van der Waals surface area contributed by atoms with Crippen LogP contribution in [0.2, 0.25) is 0 Å². The summed E-state index contributed by atoms with van der Waals surface area (Å²) in [7, 11) is 0. The summed E-state index contributed by atoms with van der Waals surface area (Å²) in [4.78, 5) is 13.6. The molecule has 2 nitrogen and oxygen atoms in total. The largest absolute Gasteiger partial charge is 0.321 e. The van der Waals surface area contributed by atoms with Gasteiger partial charge in [0.2, 0.25) is 0 Å². The van der Waals surface area contributed by atoms with Crippen molar-refractivity contribution in [1.29, 1.82) is 0 Å². The van der Waals surface area contributed by atoms with E-state index in [4.69, 9.17) is 0 Å². The van der Waals surface area contributed by atoms with E-state index in [0.717, 1.165) is 27.1 Å². The van der Waals surface area contributed by atoms with Crippen LogP contribution in [0.15, 0.2) is 84.3 Å². The zero-order valence-corrected chi connectivity index (χ0v) is 13.5. The van der Waals surface area contributed by atoms with Crippen molar-refractivity contribution in [2.45, 2.75) is 4.90 Å². The first-order valence-electron chi connectivity index (χ1n) is 7.41. The number of nitrogens with one attached hydrogen (secondary N) is 1. The number of carbonyl (C=O) groups is 1. The summed E-state index contributed by atoms with van der Waals surface area (Å²) < 4.78 is 0. The molecule has 0 unspecified atom stereocenters. The lowest BCUT2D eigenvalue weighted by Gasteiger charge is -2.10. The Morgan fingerprint density at radius 2 is 1.74 bits per heavy atom. The van der Waals surface area contributed by atoms with Gasteiger partial charge in [0.25, 0.3) is 5.91 Å². The van der Waals surface area contributed by atoms with Gasteiger partial charge >= 0.3 is 0 Å². The highest BCUT2D eigenvalue weighted by atomic mass is 32.2. The van der Waals surface area contributed by atoms with Crippen LogP contribution in [0, 0.1) is 0 Å². The molecule has 0 aliphatic carbocycles. The maximum Gasteiger partial charge on any atom is 0.255 e. The molecular formula is C20H17NOS. The van der Waals surface area contributed by atoms with Gasteiger partial charge in [-0.25, -0.2) is 0 Å². The molecule has 0 saturated carbocycles. The van der Waals surface area contributed by atoms with Crippen molar-refractivity contribution in [3.05, 3.63) is 84.9 Å². The average molecular weight is 319 g/mol. The zero-order chi connectivity index (χ0) is 16.1. The van der Waals surface area contributed by atoms with Crippen molar-refractivity contribution in [3.8, 4) is 0 Å². The third-order valence-corrected chi connectivity index (χ3v) is 4.57. The van der Waals surface area contributed by atoms with E-state index in [-0.39, 0.29) is 5.91 Å². The first kappa shape index (κ1) is 15.4. The van der Waals surface area contributed by atoms with Gasteiger partial charge in [0.15, 0.2) is 0 Å². The van der Waals surface area contributed by atoms with Gasteiger partial charge < -0.3 is 5.32 Å². The van der Waals surface area contributed by atoms with Crippen LogP contribution in [-0.2, 0) is 0 Å². The van der Waals surface area contributed by atoms with Gasteiger partial charge in [0, 0.05) is 16.2 Å². The van der Waals surface area contributed by atoms with Crippen LogP contribution in [0.3, 0.4) is 0 Å². The first-order chi connectivity index (χ1) is 11.3. The maximum atomic E-state index is 12.5. The molecule has 0 atom stereocenters. The van der Waals surface area contributed by atoms with Crippen molar-refractivity contribution >= 4 is 34.1 Å². The number of benzene rings is 3. The van der Waals surface area contributed by atoms with Gasteiger partial charge in [-0.15, -0.1) is 18.3 Å². The highest BCUT2D eigenvalue weighted by Crippen LogP contribution is 2.27. The number of carbonyl (C=O) groups excluding carboxylic acids is 1. The lowest BCUT2D eigenvalue weighted by atomic mass is 10.1. The quantitative estimate of drug-likeness (QED) is 0.506. The van der Waals surface area contributed by atoms with E-state index in [1.165, 1.54) is 0 Å². The lowest BCUT2D eigenvalue weighted by Crippen LogP contribution is -2.12. The summed E-state index contributed by atoms with van der Waals surface area (Å²) in [5.74, 6) is 0.713. The number of anilines is 1. The van der Waals surface area contributed by atoms with E-state index in [9.17, 15) is 4.79 Å². The molecule has 3 rings (SSSR count). The zero-order valence-electron chi connectivity index (χ0n) is 12.7. The van der Waals surface area contributed by atoms with Crippen LogP contribution in [0.5, 0.6) is 0 Å². The van der Waals surface area contributed by atoms with Crippen LogP contribution >= 0.6 is 11.8 Å². The smallest absolute Gasteiger partial charge is 0.255 e. The maximum absolute atomic E-state index is 12.5. The molecule has 23 heavy (non-hydrogen) atoms. The summed E-state index contributed by atoms with van der Waals surface area (Å²) in [6.07, 6.45) is 1.85. The molecule has 0 spiro atoms. The van der Waals surface area contributed by atoms with E-state index < -0.39 is 0 Å². The number of hydrogen-bond donors (Lipinski definition) is 1. The van der Waals surface area contributed by atoms with Gasteiger partial charge in [-0.2, -0.15) is 0 Å². The SMILES string of the molecule is C=CCSc1ccccc1NC(=O)c1ccc2ccccc2c1. The van der Waals surface area contributed by atoms with Crippen molar-refractivity contribution < 1.29 is 4.79 Å². The molecule has 1 amide bonds. The Hall–Kier alpha value is -2.52. The molecule has 0 saturated heterocycles. The summed E-state index contributed by atoms with van der Waals surface area (Å²) in [6, 6.07) is 21.6. The monoisotopic (exact) mass is 319 g/mol. The van der Waals surface area contributed by atoms with E-state index in [2.05, 4.69) is 11.9 Å². The Morgan fingerprint density at radius 3 is 2.57 bits per heavy atom. The summed E-state index contributed by atoms with van der Waals surface area (Å²) in [5, 5.41) is 5.20. The highest BCUT2D eigenvalue weighted by Gasteiger charge is 2.09. The van der Waals surface area contributed by atoms with Gasteiger partial charge in [0.05, 0.1) is 5.69 Å². The Labute approximate surface area is 140 Å². The molecule has 0 heterocycles. The minimum Gasteiger partial charge on any atom is -0.321 e. The lowest BCUT2D eigenvalue weighted by molar-refractivity contribution is 0.102. The van der Waals surface area contributed by atoms with Crippen LogP contribution in [-0.4, -0.2) is 11.7 Å². The van der Waals surface area contributed by atoms with Crippen molar-refractivity contribution in [2.75, 3.05) is 11.1 Å². The fourth-order valence-corrected chi connectivity index (χ4v) is 3.12. The number of hydrogen-bond acceptors (Lipinski definition) is 2. The second-order valence-corrected chi connectivity index (χ2v) is 6.17. The Morgan fingerprint density at radius 1 is 1.00 bits per heavy atom. The molecule has 0 aliphatic rings. The predicted octanol–water partition coefficient (Wildman–Crippen LogP) is 5.37. The Balaban J connectivity index is 1.84. The predicted molar refractivity (Wildman–Crippen MR) is 99.3 cm³/mol. The Kier molecular flexibility index (Phi) is 4.79. The Bertz CT molecular complexity index is 857. The molecule has 0 aromatic heterocycles. The second-order valence-electron chi connectivity index (χ2n) is 5.11. The number of amides is 1. The number of thioether (sulfide) groups is 1. The molecule has 1 N–H and O–H groups in total. The van der Waals surface area contributed by atoms with E-state index in [0.29, 0.717) is 5.56 Å². The fourth-order valence-electron chi connectivity index (χ4n) is 2.37. The third kappa shape index (κ3) is 3.63. The van der Waals surface area contributed by atoms with Gasteiger partial charge in [-0.1, -0.05) is 48.5 Å². The number of rotatable bonds is 5. The highest BCUT2D eigenvalue weighted by molar-refractivity contribution is 7.99. The molecule has 3 heteroatoms. The molecule has 3 aromatic carbocycles. The number of para-hydroxylation sites is 1. The molecule has 0 radical (unpaired) electrons. The van der Waals surface area contributed by atoms with E-state index in [1.807, 2.05) is 72.8 Å². The molecular weight excluding hydrogens is 302 g/mol. The van der Waals surface area contributed by atoms with Crippen molar-refractivity contribution in [3.63, 3.8) is 0 Å². The average Bonchev–Trinajstić information content (AvgIpc) is 2.60. The normalized spacial score (nSPS) is 10.4. The minimum atomic E-state index is -0.0950. The van der Waals surface area contributed by atoms with Crippen LogP contribution < -0.4 is 5.32 Å². The van der Waals surface area contributed by atoms with Gasteiger partial charge in [0.1, 0.15) is 0 Å². The third-order valence-electron chi connectivity index (χ3n) is 3.50. The van der Waals surface area contributed by atoms with Gasteiger partial charge in [-0.05, 0) is 35.0 Å². The topological polar surface area (TPSA) is 29.1 Å². The standard InChI is InChI=1S/C20H17NOS/c1-2-13-23-19-10-6-5-9-18(19)21-20(22)17-12-11-15-7-3-4-8-16(15)14-17/h2-12,14H,1,13H2,(H,21,22). The minimum absolute atomic E-state index is 0.0950. The van der Waals surface area contributed by atoms with Crippen LogP contribution in [0.25, 0.3) is 10.8 Å². The second kappa shape index (κ2) is 7.16. The molecule has 114 valence electrons. The first-order valence-corrected chi connectivity index (χ1v) is 8.39. The molecule has 3 aromatic rings. The van der Waals surface area contributed by atoms with Crippen LogP contribution in [0.4, 0.5) is 5.69 Å². The molecule has 0 aliphatic heterocycles. The van der Waals surface area contributed by atoms with Crippen LogP contribution in [0.1, 0.15) is 10.4 Å². The summed E-state index contributed by atoms with van der Waals surface area (Å²) >= 11 is 1.65. The summed E-state index contributed by atoms with van der Waals surface area (Å²) in [5.41, 5.74) is 1.49. The van der Waals surface area contributed by atoms with Crippen molar-refractivity contribution in [2.24, 2.45) is 0 Å². The molecule has 0 fully saturated rings. The number of fused-ring (bicyclic) bond motifs is 1.